The molecule has 0 unspecified atom stereocenters. The predicted octanol–water partition coefficient (Wildman–Crippen LogP) is 6.93. The van der Waals surface area contributed by atoms with Crippen LogP contribution in [0, 0.1) is 47.3 Å². The molecule has 8 fully saturated rings. The molecule has 0 aliphatic heterocycles. The molecule has 0 aromatic heterocycles. The van der Waals surface area contributed by atoms with Gasteiger partial charge in [-0.3, -0.25) is 0 Å². The lowest BCUT2D eigenvalue weighted by Crippen LogP contribution is -2.64. The van der Waals surface area contributed by atoms with Crippen molar-refractivity contribution >= 4 is 8.56 Å². The van der Waals surface area contributed by atoms with Crippen LogP contribution < -0.4 is 0 Å². The maximum Gasteiger partial charge on any atom is 0.345 e. The lowest BCUT2D eigenvalue weighted by molar-refractivity contribution is -0.0329. The Balaban J connectivity index is 1.39. The lowest BCUT2D eigenvalue weighted by atomic mass is 9.55. The highest BCUT2D eigenvalue weighted by Gasteiger charge is 2.67. The van der Waals surface area contributed by atoms with E-state index in [-0.39, 0.29) is 0 Å². The third-order valence-electron chi connectivity index (χ3n) is 10.4. The maximum atomic E-state index is 7.25. The van der Waals surface area contributed by atoms with Gasteiger partial charge in [-0.15, -0.1) is 0 Å². The third-order valence-corrected chi connectivity index (χ3v) is 15.5. The molecular formula is C26H44O2Si. The van der Waals surface area contributed by atoms with Gasteiger partial charge in [-0.1, -0.05) is 13.8 Å². The molecule has 8 aliphatic carbocycles. The first kappa shape index (κ1) is 19.8. The standard InChI is InChI=1S/C26H44O2Si/c1-3-5-27-29(28-6-4-2,25-21-9-17-7-18(11-21)12-22(25)10-17)26-23-13-19-8-20(15-23)16-24(26)14-19/h17-26H,3-16H2,1-2H3. The first-order valence-electron chi connectivity index (χ1n) is 13.5. The molecule has 8 bridgehead atoms. The van der Waals surface area contributed by atoms with E-state index in [1.165, 1.54) is 51.4 Å². The van der Waals surface area contributed by atoms with Crippen LogP contribution in [-0.4, -0.2) is 21.8 Å². The minimum absolute atomic E-state index is 0.830. The van der Waals surface area contributed by atoms with Crippen LogP contribution in [0.15, 0.2) is 0 Å². The molecule has 3 heteroatoms. The van der Waals surface area contributed by atoms with Gasteiger partial charge < -0.3 is 8.85 Å². The Bertz CT molecular complexity index is 496. The molecule has 8 aliphatic rings. The van der Waals surface area contributed by atoms with Gasteiger partial charge in [0.2, 0.25) is 0 Å². The van der Waals surface area contributed by atoms with Gasteiger partial charge in [0.25, 0.3) is 0 Å². The summed E-state index contributed by atoms with van der Waals surface area (Å²) in [5.41, 5.74) is 1.66. The lowest BCUT2D eigenvalue weighted by Gasteiger charge is -2.64. The van der Waals surface area contributed by atoms with Gasteiger partial charge in [-0.05, 0) is 124 Å². The van der Waals surface area contributed by atoms with E-state index in [1.807, 2.05) is 0 Å². The molecule has 0 N–H and O–H groups in total. The minimum atomic E-state index is -2.25. The van der Waals surface area contributed by atoms with Gasteiger partial charge in [-0.25, -0.2) is 0 Å². The van der Waals surface area contributed by atoms with Gasteiger partial charge in [0.1, 0.15) is 0 Å². The average Bonchev–Trinajstić information content (AvgIpc) is 2.68. The molecule has 0 amide bonds. The fraction of sp³-hybridized carbons (Fsp3) is 1.00. The molecule has 0 saturated heterocycles. The minimum Gasteiger partial charge on any atom is -0.394 e. The smallest absolute Gasteiger partial charge is 0.345 e. The largest absolute Gasteiger partial charge is 0.394 e. The Labute approximate surface area is 180 Å². The van der Waals surface area contributed by atoms with Crippen molar-refractivity contribution in [2.45, 2.75) is 102 Å². The van der Waals surface area contributed by atoms with E-state index in [4.69, 9.17) is 8.85 Å². The topological polar surface area (TPSA) is 18.5 Å². The number of rotatable bonds is 8. The van der Waals surface area contributed by atoms with Gasteiger partial charge in [0.15, 0.2) is 0 Å². The Morgan fingerprint density at radius 3 is 1.10 bits per heavy atom. The van der Waals surface area contributed by atoms with Crippen molar-refractivity contribution in [1.82, 2.24) is 0 Å². The van der Waals surface area contributed by atoms with Crippen LogP contribution in [0.5, 0.6) is 0 Å². The predicted molar refractivity (Wildman–Crippen MR) is 120 cm³/mol. The zero-order valence-electron chi connectivity index (χ0n) is 19.0. The molecule has 8 rings (SSSR count). The van der Waals surface area contributed by atoms with Crippen LogP contribution in [0.3, 0.4) is 0 Å². The maximum absolute atomic E-state index is 7.25. The van der Waals surface area contributed by atoms with E-state index >= 15 is 0 Å². The summed E-state index contributed by atoms with van der Waals surface area (Å²) in [5.74, 6) is 8.00. The van der Waals surface area contributed by atoms with E-state index in [2.05, 4.69) is 13.8 Å². The second-order valence-electron chi connectivity index (χ2n) is 12.3. The van der Waals surface area contributed by atoms with Crippen molar-refractivity contribution in [3.05, 3.63) is 0 Å². The summed E-state index contributed by atoms with van der Waals surface area (Å²) in [6, 6.07) is 0. The van der Waals surface area contributed by atoms with Crippen LogP contribution in [0.4, 0.5) is 0 Å². The Hall–Kier alpha value is 0.137. The van der Waals surface area contributed by atoms with Crippen molar-refractivity contribution in [2.24, 2.45) is 47.3 Å². The van der Waals surface area contributed by atoms with Gasteiger partial charge in [-0.2, -0.15) is 0 Å². The van der Waals surface area contributed by atoms with Gasteiger partial charge >= 0.3 is 8.56 Å². The van der Waals surface area contributed by atoms with Crippen molar-refractivity contribution in [1.29, 1.82) is 0 Å². The monoisotopic (exact) mass is 416 g/mol. The molecule has 8 saturated carbocycles. The van der Waals surface area contributed by atoms with E-state index in [0.29, 0.717) is 0 Å². The van der Waals surface area contributed by atoms with Crippen molar-refractivity contribution in [2.75, 3.05) is 13.2 Å². The number of hydrogen-bond acceptors (Lipinski definition) is 2. The molecule has 2 nitrogen and oxygen atoms in total. The van der Waals surface area contributed by atoms with Crippen LogP contribution in [0.2, 0.25) is 11.1 Å². The van der Waals surface area contributed by atoms with Crippen molar-refractivity contribution in [3.8, 4) is 0 Å². The highest BCUT2D eigenvalue weighted by molar-refractivity contribution is 6.71. The molecule has 0 aromatic carbocycles. The Morgan fingerprint density at radius 2 is 0.828 bits per heavy atom. The second kappa shape index (κ2) is 7.62. The third kappa shape index (κ3) is 3.15. The van der Waals surface area contributed by atoms with Crippen LogP contribution in [-0.2, 0) is 8.85 Å². The highest BCUT2D eigenvalue weighted by Crippen LogP contribution is 2.69. The second-order valence-corrected chi connectivity index (χ2v) is 15.7. The summed E-state index contributed by atoms with van der Waals surface area (Å²) in [6.45, 7) is 6.54. The summed E-state index contributed by atoms with van der Waals surface area (Å²) < 4.78 is 14.5. The van der Waals surface area contributed by atoms with Crippen LogP contribution in [0.1, 0.15) is 90.9 Å². The highest BCUT2D eigenvalue weighted by atomic mass is 28.4. The summed E-state index contributed by atoms with van der Waals surface area (Å²) in [4.78, 5) is 0. The van der Waals surface area contributed by atoms with E-state index < -0.39 is 8.56 Å². The van der Waals surface area contributed by atoms with Crippen molar-refractivity contribution < 1.29 is 8.85 Å². The first-order chi connectivity index (χ1) is 14.2. The molecular weight excluding hydrogens is 372 g/mol. The number of hydrogen-bond donors (Lipinski definition) is 0. The Morgan fingerprint density at radius 1 is 0.517 bits per heavy atom. The zero-order chi connectivity index (χ0) is 19.6. The van der Waals surface area contributed by atoms with Crippen LogP contribution >= 0.6 is 0 Å². The average molecular weight is 417 g/mol. The fourth-order valence-corrected chi connectivity index (χ4v) is 16.4. The summed E-state index contributed by atoms with van der Waals surface area (Å²) in [7, 11) is -2.25. The summed E-state index contributed by atoms with van der Waals surface area (Å²) in [6.07, 6.45) is 17.6. The van der Waals surface area contributed by atoms with Crippen molar-refractivity contribution in [3.63, 3.8) is 0 Å². The zero-order valence-corrected chi connectivity index (χ0v) is 20.0. The SMILES string of the molecule is CCCO[Si](OCCC)(C1C2CC3CC(C2)CC1C3)C1C2CC3CC(C2)CC1C3. The van der Waals surface area contributed by atoms with Gasteiger partial charge in [0, 0.05) is 24.3 Å². The van der Waals surface area contributed by atoms with Gasteiger partial charge in [0.05, 0.1) is 0 Å². The molecule has 0 aromatic rings. The first-order valence-corrected chi connectivity index (χ1v) is 15.4. The molecule has 29 heavy (non-hydrogen) atoms. The van der Waals surface area contributed by atoms with E-state index in [9.17, 15) is 0 Å². The van der Waals surface area contributed by atoms with Crippen LogP contribution in [0.25, 0.3) is 0 Å². The van der Waals surface area contributed by atoms with E-state index in [1.54, 1.807) is 12.8 Å². The quantitative estimate of drug-likeness (QED) is 0.399. The Kier molecular flexibility index (Phi) is 5.20. The molecule has 0 spiro atoms. The normalized spacial score (nSPS) is 49.9. The summed E-state index contributed by atoms with van der Waals surface area (Å²) >= 11 is 0. The summed E-state index contributed by atoms with van der Waals surface area (Å²) in [5, 5.41) is 0. The fourth-order valence-electron chi connectivity index (χ4n) is 10.3. The molecule has 164 valence electrons. The molecule has 0 atom stereocenters. The van der Waals surface area contributed by atoms with E-state index in [0.717, 1.165) is 84.5 Å². The molecule has 0 heterocycles. The molecule has 0 radical (unpaired) electrons.